The number of aliphatic carboxylic acids is 1. The minimum absolute atomic E-state index is 0.0525. The first-order chi connectivity index (χ1) is 13.2. The summed E-state index contributed by atoms with van der Waals surface area (Å²) in [6, 6.07) is 0. The second kappa shape index (κ2) is 17.9. The Hall–Kier alpha value is 0.0700. The van der Waals surface area contributed by atoms with Crippen molar-refractivity contribution in [3.8, 4) is 0 Å². The fourth-order valence-corrected chi connectivity index (χ4v) is 4.42. The minimum atomic E-state index is -1.54. The van der Waals surface area contributed by atoms with E-state index >= 15 is 0 Å². The molecule has 0 saturated carbocycles. The highest BCUT2D eigenvalue weighted by molar-refractivity contribution is 7.76. The number of carboxylic acid groups (broad SMARTS) is 1. The molecule has 2 atom stereocenters. The van der Waals surface area contributed by atoms with Gasteiger partial charge in [0.1, 0.15) is 12.6 Å². The van der Waals surface area contributed by atoms with E-state index in [9.17, 15) is 4.79 Å². The zero-order valence-corrected chi connectivity index (χ0v) is 20.3. The monoisotopic (exact) mass is 440 g/mol. The van der Waals surface area contributed by atoms with E-state index in [2.05, 4.69) is 6.92 Å². The van der Waals surface area contributed by atoms with Gasteiger partial charge < -0.3 is 18.6 Å². The quantitative estimate of drug-likeness (QED) is 0.129. The number of carbonyl (C=O) groups is 1. The molecule has 0 saturated heterocycles. The van der Waals surface area contributed by atoms with Crippen molar-refractivity contribution in [1.82, 2.24) is 0 Å². The Morgan fingerprint density at radius 1 is 0.929 bits per heavy atom. The summed E-state index contributed by atoms with van der Waals surface area (Å²) in [5.74, 6) is -0.875. The largest absolute Gasteiger partial charge is 0.481 e. The number of carboxylic acids is 1. The molecular weight excluding hydrogens is 397 g/mol. The zero-order valence-electron chi connectivity index (χ0n) is 18.6. The first-order valence-electron chi connectivity index (χ1n) is 11.0. The molecule has 0 aromatic rings. The standard InChI is InChI=1S/C21H43ClNO4P/c1-5-6-7-8-9-10-11-12-13-14-15-16-17-26-28(22)27-20(18-21(24)25)19-23(2,3)4/h20H,5-19H2,1-4H3/p+1/t20-,28?/m0/s1. The Morgan fingerprint density at radius 3 is 1.82 bits per heavy atom. The van der Waals surface area contributed by atoms with Gasteiger partial charge in [0.15, 0.2) is 0 Å². The maximum absolute atomic E-state index is 11.0. The van der Waals surface area contributed by atoms with Gasteiger partial charge in [-0.3, -0.25) is 4.79 Å². The molecule has 0 rings (SSSR count). The van der Waals surface area contributed by atoms with E-state index in [-0.39, 0.29) is 6.42 Å². The van der Waals surface area contributed by atoms with Crippen LogP contribution in [0.4, 0.5) is 0 Å². The summed E-state index contributed by atoms with van der Waals surface area (Å²) in [4.78, 5) is 11.0. The van der Waals surface area contributed by atoms with Crippen LogP contribution in [-0.2, 0) is 13.8 Å². The van der Waals surface area contributed by atoms with Crippen molar-refractivity contribution in [3.05, 3.63) is 0 Å². The zero-order chi connectivity index (χ0) is 21.3. The molecule has 1 unspecified atom stereocenters. The number of rotatable bonds is 20. The highest BCUT2D eigenvalue weighted by atomic mass is 35.7. The van der Waals surface area contributed by atoms with Gasteiger partial charge in [0, 0.05) is 0 Å². The smallest absolute Gasteiger partial charge is 0.306 e. The van der Waals surface area contributed by atoms with Gasteiger partial charge >= 0.3 is 5.97 Å². The lowest BCUT2D eigenvalue weighted by Gasteiger charge is -2.29. The van der Waals surface area contributed by atoms with Crippen molar-refractivity contribution in [2.75, 3.05) is 34.3 Å². The number of quaternary nitrogens is 1. The van der Waals surface area contributed by atoms with Crippen LogP contribution in [0.3, 0.4) is 0 Å². The topological polar surface area (TPSA) is 55.8 Å². The fraction of sp³-hybridized carbons (Fsp3) is 0.952. The molecule has 0 bridgehead atoms. The maximum Gasteiger partial charge on any atom is 0.306 e. The molecule has 0 fully saturated rings. The Balaban J connectivity index is 3.61. The second-order valence-corrected chi connectivity index (χ2v) is 10.5. The molecule has 0 spiro atoms. The summed E-state index contributed by atoms with van der Waals surface area (Å²) in [6.07, 6.45) is 15.2. The highest BCUT2D eigenvalue weighted by Gasteiger charge is 2.25. The molecule has 0 amide bonds. The molecule has 0 radical (unpaired) electrons. The average molecular weight is 441 g/mol. The summed E-state index contributed by atoms with van der Waals surface area (Å²) in [5, 5.41) is 9.03. The predicted octanol–water partition coefficient (Wildman–Crippen LogP) is 6.74. The van der Waals surface area contributed by atoms with E-state index in [0.717, 1.165) is 12.8 Å². The summed E-state index contributed by atoms with van der Waals surface area (Å²) >= 11 is 6.15. The van der Waals surface area contributed by atoms with Gasteiger partial charge in [-0.2, -0.15) is 0 Å². The van der Waals surface area contributed by atoms with Crippen LogP contribution in [0.1, 0.15) is 90.4 Å². The third kappa shape index (κ3) is 20.8. The van der Waals surface area contributed by atoms with Crippen molar-refractivity contribution in [3.63, 3.8) is 0 Å². The van der Waals surface area contributed by atoms with Crippen LogP contribution in [0.5, 0.6) is 0 Å². The molecule has 0 aromatic carbocycles. The van der Waals surface area contributed by atoms with Crippen molar-refractivity contribution in [1.29, 1.82) is 0 Å². The molecule has 0 aromatic heterocycles. The predicted molar refractivity (Wildman–Crippen MR) is 120 cm³/mol. The first-order valence-corrected chi connectivity index (χ1v) is 13.1. The molecular formula is C21H44ClNO4P+. The summed E-state index contributed by atoms with van der Waals surface area (Å²) < 4.78 is 11.8. The van der Waals surface area contributed by atoms with Gasteiger partial charge in [-0.05, 0) is 17.7 Å². The highest BCUT2D eigenvalue weighted by Crippen LogP contribution is 2.45. The number of likely N-dealkylation sites (N-methyl/N-ethyl adjacent to an activating group) is 1. The second-order valence-electron chi connectivity index (χ2n) is 8.73. The van der Waals surface area contributed by atoms with Gasteiger partial charge in [-0.15, -0.1) is 0 Å². The van der Waals surface area contributed by atoms with Crippen molar-refractivity contribution in [2.45, 2.75) is 96.5 Å². The van der Waals surface area contributed by atoms with E-state index < -0.39 is 19.8 Å². The number of hydrogen-bond acceptors (Lipinski definition) is 3. The van der Waals surface area contributed by atoms with Crippen LogP contribution in [0.2, 0.25) is 0 Å². The number of halogens is 1. The van der Waals surface area contributed by atoms with E-state index in [4.69, 9.17) is 25.4 Å². The fourth-order valence-electron chi connectivity index (χ4n) is 3.17. The summed E-state index contributed by atoms with van der Waals surface area (Å²) in [5.41, 5.74) is 0. The van der Waals surface area contributed by atoms with Crippen LogP contribution in [0.25, 0.3) is 0 Å². The van der Waals surface area contributed by atoms with Gasteiger partial charge in [0.05, 0.1) is 34.2 Å². The Labute approximate surface area is 179 Å². The van der Waals surface area contributed by atoms with Gasteiger partial charge in [0.25, 0.3) is 7.73 Å². The Morgan fingerprint density at radius 2 is 1.39 bits per heavy atom. The van der Waals surface area contributed by atoms with Gasteiger partial charge in [-0.1, -0.05) is 77.6 Å². The van der Waals surface area contributed by atoms with E-state index in [0.29, 0.717) is 17.6 Å². The van der Waals surface area contributed by atoms with E-state index in [1.165, 1.54) is 64.2 Å². The molecule has 0 aliphatic rings. The minimum Gasteiger partial charge on any atom is -0.481 e. The molecule has 0 aliphatic heterocycles. The Bertz CT molecular complexity index is 380. The number of unbranched alkanes of at least 4 members (excludes halogenated alkanes) is 11. The van der Waals surface area contributed by atoms with E-state index in [1.807, 2.05) is 21.1 Å². The molecule has 0 aliphatic carbocycles. The van der Waals surface area contributed by atoms with Crippen LogP contribution < -0.4 is 0 Å². The SMILES string of the molecule is CCCCCCCCCCCCCCOP(Cl)O[C@@H](CC(=O)O)C[N+](C)(C)C. The molecule has 7 heteroatoms. The van der Waals surface area contributed by atoms with Crippen molar-refractivity contribution in [2.24, 2.45) is 0 Å². The molecule has 0 heterocycles. The third-order valence-electron chi connectivity index (χ3n) is 4.58. The molecule has 28 heavy (non-hydrogen) atoms. The first kappa shape index (κ1) is 28.1. The van der Waals surface area contributed by atoms with Gasteiger partial charge in [-0.25, -0.2) is 0 Å². The van der Waals surface area contributed by atoms with Crippen LogP contribution in [0.15, 0.2) is 0 Å². The third-order valence-corrected chi connectivity index (χ3v) is 5.96. The Kier molecular flexibility index (Phi) is 17.9. The maximum atomic E-state index is 11.0. The lowest BCUT2D eigenvalue weighted by atomic mass is 10.1. The average Bonchev–Trinajstić information content (AvgIpc) is 2.56. The van der Waals surface area contributed by atoms with Crippen LogP contribution in [0, 0.1) is 0 Å². The summed E-state index contributed by atoms with van der Waals surface area (Å²) in [7, 11) is 4.46. The normalized spacial score (nSPS) is 14.2. The lowest BCUT2D eigenvalue weighted by molar-refractivity contribution is -0.873. The summed E-state index contributed by atoms with van der Waals surface area (Å²) in [6.45, 7) is 3.42. The van der Waals surface area contributed by atoms with Crippen LogP contribution >= 0.6 is 19.0 Å². The van der Waals surface area contributed by atoms with Crippen molar-refractivity contribution < 1.29 is 23.4 Å². The molecule has 168 valence electrons. The van der Waals surface area contributed by atoms with Crippen LogP contribution in [-0.4, -0.2) is 56.0 Å². The number of hydrogen-bond donors (Lipinski definition) is 1. The molecule has 1 N–H and O–H groups in total. The van der Waals surface area contributed by atoms with Crippen molar-refractivity contribution >= 4 is 24.9 Å². The number of nitrogens with zero attached hydrogens (tertiary/aromatic N) is 1. The lowest BCUT2D eigenvalue weighted by Crippen LogP contribution is -2.42. The van der Waals surface area contributed by atoms with Gasteiger partial charge in [0.2, 0.25) is 0 Å². The molecule has 5 nitrogen and oxygen atoms in total. The van der Waals surface area contributed by atoms with E-state index in [1.54, 1.807) is 0 Å².